The van der Waals surface area contributed by atoms with Crippen LogP contribution in [0.15, 0.2) is 41.5 Å². The number of aliphatic imine (C=N–C) groups is 1. The lowest BCUT2D eigenvalue weighted by Gasteiger charge is -2.32. The second kappa shape index (κ2) is 8.44. The molecule has 0 aliphatic carbocycles. The lowest BCUT2D eigenvalue weighted by atomic mass is 9.95. The number of pyridine rings is 1. The Bertz CT molecular complexity index is 906. The van der Waals surface area contributed by atoms with Crippen molar-refractivity contribution in [3.63, 3.8) is 0 Å². The zero-order valence-electron chi connectivity index (χ0n) is 17.1. The van der Waals surface area contributed by atoms with Gasteiger partial charge in [-0.2, -0.15) is 0 Å². The van der Waals surface area contributed by atoms with Crippen LogP contribution in [0.5, 0.6) is 11.5 Å². The molecule has 0 saturated carbocycles. The first kappa shape index (κ1) is 20.4. The highest BCUT2D eigenvalue weighted by atomic mass is 35.5. The Labute approximate surface area is 181 Å². The lowest BCUT2D eigenvalue weighted by molar-refractivity contribution is 0.228. The fraction of sp³-hybridized carbons (Fsp3) is 0.455. The molecule has 3 heterocycles. The van der Waals surface area contributed by atoms with E-state index < -0.39 is 0 Å². The number of fused-ring (bicyclic) bond motifs is 1. The standard InChI is InChI=1S/C22H26ClN3O2S/c1-5-15-12-29-22-25-19(17-8-6-7-9-24-17)20(26(15)22)14-10-16(23)21(28-13(2)3)18(11-14)27-4/h6-11,13,15,19-20H,5,12H2,1-4H3. The minimum absolute atomic E-state index is 0.00869. The van der Waals surface area contributed by atoms with Crippen molar-refractivity contribution < 1.29 is 9.47 Å². The fourth-order valence-electron chi connectivity index (χ4n) is 3.97. The smallest absolute Gasteiger partial charge is 0.180 e. The van der Waals surface area contributed by atoms with Crippen LogP contribution in [0.25, 0.3) is 0 Å². The van der Waals surface area contributed by atoms with E-state index in [2.05, 4.69) is 16.8 Å². The molecule has 2 aromatic rings. The Hall–Kier alpha value is -1.92. The van der Waals surface area contributed by atoms with E-state index in [0.29, 0.717) is 22.6 Å². The minimum Gasteiger partial charge on any atom is -0.493 e. The molecule has 0 spiro atoms. The summed E-state index contributed by atoms with van der Waals surface area (Å²) in [6.07, 6.45) is 2.90. The molecule has 2 aliphatic rings. The van der Waals surface area contributed by atoms with Gasteiger partial charge in [0.1, 0.15) is 6.04 Å². The number of amidine groups is 1. The van der Waals surface area contributed by atoms with Gasteiger partial charge >= 0.3 is 0 Å². The maximum Gasteiger partial charge on any atom is 0.180 e. The zero-order valence-corrected chi connectivity index (χ0v) is 18.7. The molecule has 1 aromatic heterocycles. The van der Waals surface area contributed by atoms with Gasteiger partial charge in [-0.15, -0.1) is 0 Å². The summed E-state index contributed by atoms with van der Waals surface area (Å²) < 4.78 is 11.6. The van der Waals surface area contributed by atoms with Gasteiger partial charge < -0.3 is 14.4 Å². The maximum absolute atomic E-state index is 6.66. The van der Waals surface area contributed by atoms with Crippen molar-refractivity contribution in [3.8, 4) is 11.5 Å². The summed E-state index contributed by atoms with van der Waals surface area (Å²) in [5, 5.41) is 1.65. The number of benzene rings is 1. The number of hydrogen-bond acceptors (Lipinski definition) is 6. The number of rotatable bonds is 6. The highest BCUT2D eigenvalue weighted by Crippen LogP contribution is 2.50. The number of aromatic nitrogens is 1. The number of hydrogen-bond donors (Lipinski definition) is 0. The third kappa shape index (κ3) is 3.80. The Morgan fingerprint density at radius 2 is 2.14 bits per heavy atom. The molecule has 3 atom stereocenters. The average Bonchev–Trinajstić information content (AvgIpc) is 3.28. The molecule has 2 aliphatic heterocycles. The topological polar surface area (TPSA) is 47.0 Å². The Morgan fingerprint density at radius 3 is 2.79 bits per heavy atom. The molecular weight excluding hydrogens is 406 g/mol. The van der Waals surface area contributed by atoms with Crippen molar-refractivity contribution in [3.05, 3.63) is 52.8 Å². The summed E-state index contributed by atoms with van der Waals surface area (Å²) in [5.41, 5.74) is 2.03. The van der Waals surface area contributed by atoms with Crippen LogP contribution in [-0.2, 0) is 0 Å². The number of nitrogens with zero attached hydrogens (tertiary/aromatic N) is 3. The zero-order chi connectivity index (χ0) is 20.5. The first-order valence-electron chi connectivity index (χ1n) is 9.97. The van der Waals surface area contributed by atoms with Crippen molar-refractivity contribution in [2.24, 2.45) is 4.99 Å². The quantitative estimate of drug-likeness (QED) is 0.603. The molecule has 0 N–H and O–H groups in total. The fourth-order valence-corrected chi connectivity index (χ4v) is 5.57. The molecule has 1 fully saturated rings. The first-order valence-corrected chi connectivity index (χ1v) is 11.3. The van der Waals surface area contributed by atoms with E-state index >= 15 is 0 Å². The Balaban J connectivity index is 1.80. The molecule has 3 unspecified atom stereocenters. The number of ether oxygens (including phenoxy) is 2. The van der Waals surface area contributed by atoms with Gasteiger partial charge in [0, 0.05) is 18.0 Å². The maximum atomic E-state index is 6.66. The third-order valence-electron chi connectivity index (χ3n) is 5.28. The predicted molar refractivity (Wildman–Crippen MR) is 119 cm³/mol. The van der Waals surface area contributed by atoms with Crippen LogP contribution >= 0.6 is 23.4 Å². The normalized spacial score (nSPS) is 23.3. The van der Waals surface area contributed by atoms with E-state index in [1.165, 1.54) is 0 Å². The molecule has 5 nitrogen and oxygen atoms in total. The molecule has 154 valence electrons. The predicted octanol–water partition coefficient (Wildman–Crippen LogP) is 5.51. The average molecular weight is 432 g/mol. The van der Waals surface area contributed by atoms with Crippen LogP contribution in [0.3, 0.4) is 0 Å². The molecule has 0 radical (unpaired) electrons. The molecule has 7 heteroatoms. The van der Waals surface area contributed by atoms with Gasteiger partial charge in [0.15, 0.2) is 16.7 Å². The van der Waals surface area contributed by atoms with Crippen LogP contribution in [0, 0.1) is 0 Å². The van der Waals surface area contributed by atoms with Crippen molar-refractivity contribution in [1.82, 2.24) is 9.88 Å². The van der Waals surface area contributed by atoms with Crippen molar-refractivity contribution in [2.45, 2.75) is 51.4 Å². The van der Waals surface area contributed by atoms with E-state index in [4.69, 9.17) is 26.1 Å². The van der Waals surface area contributed by atoms with E-state index in [-0.39, 0.29) is 18.2 Å². The van der Waals surface area contributed by atoms with Gasteiger partial charge in [-0.3, -0.25) is 9.98 Å². The second-order valence-electron chi connectivity index (χ2n) is 7.54. The van der Waals surface area contributed by atoms with Gasteiger partial charge in [-0.1, -0.05) is 36.4 Å². The third-order valence-corrected chi connectivity index (χ3v) is 6.68. The van der Waals surface area contributed by atoms with Gasteiger partial charge in [0.2, 0.25) is 0 Å². The van der Waals surface area contributed by atoms with Crippen molar-refractivity contribution in [1.29, 1.82) is 0 Å². The van der Waals surface area contributed by atoms with Crippen LogP contribution in [-0.4, -0.2) is 40.1 Å². The number of halogens is 1. The largest absolute Gasteiger partial charge is 0.493 e. The Kier molecular flexibility index (Phi) is 5.93. The van der Waals surface area contributed by atoms with Crippen LogP contribution in [0.4, 0.5) is 0 Å². The molecule has 0 amide bonds. The van der Waals surface area contributed by atoms with Gasteiger partial charge in [-0.25, -0.2) is 0 Å². The number of thioether (sulfide) groups is 1. The lowest BCUT2D eigenvalue weighted by Crippen LogP contribution is -2.35. The molecule has 1 saturated heterocycles. The highest BCUT2D eigenvalue weighted by Gasteiger charge is 2.45. The molecular formula is C22H26ClN3O2S. The minimum atomic E-state index is -0.0781. The van der Waals surface area contributed by atoms with Crippen LogP contribution in [0.2, 0.25) is 5.02 Å². The molecule has 29 heavy (non-hydrogen) atoms. The van der Waals surface area contributed by atoms with Crippen LogP contribution < -0.4 is 9.47 Å². The molecule has 4 rings (SSSR count). The summed E-state index contributed by atoms with van der Waals surface area (Å²) in [6.45, 7) is 6.18. The summed E-state index contributed by atoms with van der Waals surface area (Å²) >= 11 is 8.49. The van der Waals surface area contributed by atoms with Gasteiger partial charge in [-0.05, 0) is 50.1 Å². The monoisotopic (exact) mass is 431 g/mol. The van der Waals surface area contributed by atoms with E-state index in [1.807, 2.05) is 62.1 Å². The van der Waals surface area contributed by atoms with E-state index in [1.54, 1.807) is 7.11 Å². The first-order chi connectivity index (χ1) is 14.0. The summed E-state index contributed by atoms with van der Waals surface area (Å²) in [5.74, 6) is 2.29. The Morgan fingerprint density at radius 1 is 1.31 bits per heavy atom. The SMILES string of the molecule is CCC1CSC2=NC(c3ccccn3)C(c3cc(Cl)c(OC(C)C)c(OC)c3)N21. The second-order valence-corrected chi connectivity index (χ2v) is 8.93. The van der Waals surface area contributed by atoms with Gasteiger partial charge in [0.25, 0.3) is 0 Å². The number of methoxy groups -OCH3 is 1. The highest BCUT2D eigenvalue weighted by molar-refractivity contribution is 8.14. The molecule has 1 aromatic carbocycles. The molecule has 0 bridgehead atoms. The van der Waals surface area contributed by atoms with Crippen molar-refractivity contribution >= 4 is 28.5 Å². The van der Waals surface area contributed by atoms with E-state index in [9.17, 15) is 0 Å². The summed E-state index contributed by atoms with van der Waals surface area (Å²) in [6, 6.07) is 10.4. The van der Waals surface area contributed by atoms with Crippen LogP contribution in [0.1, 0.15) is 50.5 Å². The summed E-state index contributed by atoms with van der Waals surface area (Å²) in [7, 11) is 1.65. The summed E-state index contributed by atoms with van der Waals surface area (Å²) in [4.78, 5) is 12.1. The van der Waals surface area contributed by atoms with Crippen molar-refractivity contribution in [2.75, 3.05) is 12.9 Å². The van der Waals surface area contributed by atoms with Gasteiger partial charge in [0.05, 0.1) is 30.0 Å². The van der Waals surface area contributed by atoms with E-state index in [0.717, 1.165) is 28.6 Å².